The van der Waals surface area contributed by atoms with Crippen molar-refractivity contribution >= 4 is 23.5 Å². The van der Waals surface area contributed by atoms with Crippen LogP contribution in [-0.4, -0.2) is 18.3 Å². The minimum absolute atomic E-state index is 0.0162. The molecule has 0 amide bonds. The van der Waals surface area contributed by atoms with E-state index in [0.29, 0.717) is 18.1 Å². The highest BCUT2D eigenvalue weighted by atomic mass is 35.5. The number of hydrogen-bond acceptors (Lipinski definition) is 2. The number of hydrogen-bond donors (Lipinski definition) is 0. The first-order chi connectivity index (χ1) is 10.8. The Morgan fingerprint density at radius 1 is 1.00 bits per heavy atom. The molecule has 114 valence electrons. The molecule has 0 fully saturated rings. The molecule has 0 atom stereocenters. The van der Waals surface area contributed by atoms with E-state index in [0.717, 1.165) is 24.2 Å². The number of allylic oxidation sites excluding steroid dienone is 1. The fraction of sp³-hybridized carbons (Fsp3) is 0.211. The first-order valence-electron chi connectivity index (χ1n) is 7.36. The third-order valence-electron chi connectivity index (χ3n) is 3.16. The van der Waals surface area contributed by atoms with Crippen LogP contribution >= 0.6 is 11.6 Å². The Kier molecular flexibility index (Phi) is 6.72. The van der Waals surface area contributed by atoms with Gasteiger partial charge in [0.2, 0.25) is 0 Å². The summed E-state index contributed by atoms with van der Waals surface area (Å²) in [6.07, 6.45) is 5.29. The Balaban J connectivity index is 1.89. The summed E-state index contributed by atoms with van der Waals surface area (Å²) < 4.78 is 5.58. The molecule has 0 bridgehead atoms. The number of benzene rings is 2. The maximum absolute atomic E-state index is 12.1. The molecule has 0 N–H and O–H groups in total. The maximum atomic E-state index is 12.1. The quantitative estimate of drug-likeness (QED) is 0.297. The largest absolute Gasteiger partial charge is 0.494 e. The lowest BCUT2D eigenvalue weighted by Crippen LogP contribution is -1.99. The van der Waals surface area contributed by atoms with Crippen molar-refractivity contribution in [3.8, 4) is 5.75 Å². The van der Waals surface area contributed by atoms with Crippen LogP contribution in [0, 0.1) is 0 Å². The SMILES string of the molecule is O=C(/C=C/c1ccccc1)c1ccc(OCCCCCl)cc1. The van der Waals surface area contributed by atoms with Gasteiger partial charge in [-0.25, -0.2) is 0 Å². The van der Waals surface area contributed by atoms with Crippen LogP contribution in [0.2, 0.25) is 0 Å². The molecule has 0 aromatic heterocycles. The fourth-order valence-corrected chi connectivity index (χ4v) is 2.12. The lowest BCUT2D eigenvalue weighted by atomic mass is 10.1. The molecule has 0 radical (unpaired) electrons. The molecule has 2 aromatic rings. The second kappa shape index (κ2) is 9.06. The third kappa shape index (κ3) is 5.38. The predicted octanol–water partition coefficient (Wildman–Crippen LogP) is 4.98. The van der Waals surface area contributed by atoms with Gasteiger partial charge in [0, 0.05) is 11.4 Å². The summed E-state index contributed by atoms with van der Waals surface area (Å²) >= 11 is 5.61. The maximum Gasteiger partial charge on any atom is 0.185 e. The molecule has 0 heterocycles. The summed E-state index contributed by atoms with van der Waals surface area (Å²) in [7, 11) is 0. The Morgan fingerprint density at radius 2 is 1.73 bits per heavy atom. The standard InChI is InChI=1S/C19H19ClO2/c20-14-4-5-15-22-18-11-9-17(10-12-18)19(21)13-8-16-6-2-1-3-7-16/h1-3,6-13H,4-5,14-15H2/b13-8+. The summed E-state index contributed by atoms with van der Waals surface area (Å²) in [5.74, 6) is 1.42. The number of halogens is 1. The van der Waals surface area contributed by atoms with E-state index in [1.54, 1.807) is 18.2 Å². The molecule has 0 aliphatic rings. The van der Waals surface area contributed by atoms with Crippen molar-refractivity contribution in [3.63, 3.8) is 0 Å². The molecule has 0 aliphatic carbocycles. The van der Waals surface area contributed by atoms with Gasteiger partial charge in [0.25, 0.3) is 0 Å². The van der Waals surface area contributed by atoms with Crippen LogP contribution < -0.4 is 4.74 Å². The summed E-state index contributed by atoms with van der Waals surface area (Å²) in [5.41, 5.74) is 1.66. The summed E-state index contributed by atoms with van der Waals surface area (Å²) in [6.45, 7) is 0.647. The zero-order valence-corrected chi connectivity index (χ0v) is 13.1. The van der Waals surface area contributed by atoms with Crippen LogP contribution in [0.4, 0.5) is 0 Å². The average molecular weight is 315 g/mol. The van der Waals surface area contributed by atoms with Crippen molar-refractivity contribution in [2.75, 3.05) is 12.5 Å². The summed E-state index contributed by atoms with van der Waals surface area (Å²) in [4.78, 5) is 12.1. The van der Waals surface area contributed by atoms with Crippen LogP contribution in [0.25, 0.3) is 6.08 Å². The summed E-state index contributed by atoms with van der Waals surface area (Å²) in [5, 5.41) is 0. The topological polar surface area (TPSA) is 26.3 Å². The Bertz CT molecular complexity index is 603. The van der Waals surface area contributed by atoms with Gasteiger partial charge in [0.05, 0.1) is 6.61 Å². The number of carbonyl (C=O) groups excluding carboxylic acids is 1. The smallest absolute Gasteiger partial charge is 0.185 e. The van der Waals surface area contributed by atoms with Crippen LogP contribution in [0.15, 0.2) is 60.7 Å². The van der Waals surface area contributed by atoms with E-state index in [2.05, 4.69) is 0 Å². The van der Waals surface area contributed by atoms with Gasteiger partial charge < -0.3 is 4.74 Å². The van der Waals surface area contributed by atoms with E-state index in [1.165, 1.54) is 0 Å². The number of ketones is 1. The average Bonchev–Trinajstić information content (AvgIpc) is 2.58. The van der Waals surface area contributed by atoms with Gasteiger partial charge in [0.15, 0.2) is 5.78 Å². The molecule has 3 heteroatoms. The normalized spacial score (nSPS) is 10.8. The second-order valence-corrected chi connectivity index (χ2v) is 5.26. The van der Waals surface area contributed by atoms with E-state index in [1.807, 2.05) is 48.5 Å². The zero-order valence-electron chi connectivity index (χ0n) is 12.4. The highest BCUT2D eigenvalue weighted by Crippen LogP contribution is 2.14. The van der Waals surface area contributed by atoms with Gasteiger partial charge in [-0.3, -0.25) is 4.79 Å². The van der Waals surface area contributed by atoms with E-state index in [9.17, 15) is 4.79 Å². The monoisotopic (exact) mass is 314 g/mol. The van der Waals surface area contributed by atoms with Crippen LogP contribution in [-0.2, 0) is 0 Å². The van der Waals surface area contributed by atoms with Gasteiger partial charge >= 0.3 is 0 Å². The minimum atomic E-state index is -0.0162. The van der Waals surface area contributed by atoms with E-state index >= 15 is 0 Å². The Hall–Kier alpha value is -2.06. The number of unbranched alkanes of at least 4 members (excludes halogenated alkanes) is 1. The molecule has 2 rings (SSSR count). The Morgan fingerprint density at radius 3 is 2.41 bits per heavy atom. The van der Waals surface area contributed by atoms with Gasteiger partial charge in [0.1, 0.15) is 5.75 Å². The van der Waals surface area contributed by atoms with Crippen LogP contribution in [0.3, 0.4) is 0 Å². The highest BCUT2D eigenvalue weighted by molar-refractivity contribution is 6.17. The molecule has 0 unspecified atom stereocenters. The van der Waals surface area contributed by atoms with Gasteiger partial charge in [-0.1, -0.05) is 36.4 Å². The van der Waals surface area contributed by atoms with Gasteiger partial charge in [-0.15, -0.1) is 11.6 Å². The summed E-state index contributed by atoms with van der Waals surface area (Å²) in [6, 6.07) is 17.0. The van der Waals surface area contributed by atoms with Crippen molar-refractivity contribution in [1.82, 2.24) is 0 Å². The van der Waals surface area contributed by atoms with Crippen molar-refractivity contribution in [3.05, 3.63) is 71.8 Å². The van der Waals surface area contributed by atoms with E-state index < -0.39 is 0 Å². The van der Waals surface area contributed by atoms with Crippen LogP contribution in [0.1, 0.15) is 28.8 Å². The third-order valence-corrected chi connectivity index (χ3v) is 3.43. The molecule has 0 saturated carbocycles. The second-order valence-electron chi connectivity index (χ2n) is 4.88. The number of carbonyl (C=O) groups is 1. The van der Waals surface area contributed by atoms with Crippen molar-refractivity contribution in [2.45, 2.75) is 12.8 Å². The van der Waals surface area contributed by atoms with Gasteiger partial charge in [-0.2, -0.15) is 0 Å². The molecule has 0 aliphatic heterocycles. The predicted molar refractivity (Wildman–Crippen MR) is 91.7 cm³/mol. The Labute approximate surface area is 136 Å². The minimum Gasteiger partial charge on any atom is -0.494 e. The highest BCUT2D eigenvalue weighted by Gasteiger charge is 2.02. The molecule has 0 saturated heterocycles. The lowest BCUT2D eigenvalue weighted by molar-refractivity contribution is 0.104. The molecular weight excluding hydrogens is 296 g/mol. The number of alkyl halides is 1. The van der Waals surface area contributed by atoms with Gasteiger partial charge in [-0.05, 0) is 48.7 Å². The zero-order chi connectivity index (χ0) is 15.6. The molecule has 22 heavy (non-hydrogen) atoms. The number of ether oxygens (including phenoxy) is 1. The van der Waals surface area contributed by atoms with Crippen molar-refractivity contribution in [2.24, 2.45) is 0 Å². The van der Waals surface area contributed by atoms with Crippen LogP contribution in [0.5, 0.6) is 5.75 Å². The molecular formula is C19H19ClO2. The van der Waals surface area contributed by atoms with E-state index in [4.69, 9.17) is 16.3 Å². The van der Waals surface area contributed by atoms with E-state index in [-0.39, 0.29) is 5.78 Å². The van der Waals surface area contributed by atoms with Crippen molar-refractivity contribution in [1.29, 1.82) is 0 Å². The number of rotatable bonds is 8. The lowest BCUT2D eigenvalue weighted by Gasteiger charge is -2.05. The molecule has 2 aromatic carbocycles. The molecule has 0 spiro atoms. The molecule has 2 nitrogen and oxygen atoms in total. The first-order valence-corrected chi connectivity index (χ1v) is 7.89. The van der Waals surface area contributed by atoms with Crippen molar-refractivity contribution < 1.29 is 9.53 Å². The first kappa shape index (κ1) is 16.3. The fourth-order valence-electron chi connectivity index (χ4n) is 1.93.